The molecule has 9 heteroatoms. The molecule has 2 aromatic carbocycles. The van der Waals surface area contributed by atoms with Gasteiger partial charge in [0.25, 0.3) is 5.91 Å². The zero-order valence-corrected chi connectivity index (χ0v) is 17.8. The van der Waals surface area contributed by atoms with E-state index in [1.807, 2.05) is 59.2 Å². The molecule has 0 aliphatic rings. The van der Waals surface area contributed by atoms with Crippen LogP contribution in [0.3, 0.4) is 0 Å². The SMILES string of the molecule is O=C(CSc1nnc(-c2ccncc2)n1-c1ccccc1)N/N=C\c1cccc(Cl)c1. The van der Waals surface area contributed by atoms with Gasteiger partial charge in [-0.25, -0.2) is 5.43 Å². The fourth-order valence-electron chi connectivity index (χ4n) is 2.79. The first kappa shape index (κ1) is 20.8. The molecule has 0 aliphatic heterocycles. The van der Waals surface area contributed by atoms with Gasteiger partial charge in [0.2, 0.25) is 0 Å². The van der Waals surface area contributed by atoms with Gasteiger partial charge in [-0.05, 0) is 42.0 Å². The van der Waals surface area contributed by atoms with E-state index in [4.69, 9.17) is 11.6 Å². The van der Waals surface area contributed by atoms with Crippen LogP contribution >= 0.6 is 23.4 Å². The fraction of sp³-hybridized carbons (Fsp3) is 0.0455. The lowest BCUT2D eigenvalue weighted by molar-refractivity contribution is -0.118. The molecule has 4 rings (SSSR count). The summed E-state index contributed by atoms with van der Waals surface area (Å²) in [4.78, 5) is 16.3. The number of pyridine rings is 1. The third-order valence-electron chi connectivity index (χ3n) is 4.17. The summed E-state index contributed by atoms with van der Waals surface area (Å²) in [5, 5.41) is 13.8. The summed E-state index contributed by atoms with van der Waals surface area (Å²) in [5.74, 6) is 0.556. The maximum atomic E-state index is 12.3. The van der Waals surface area contributed by atoms with Gasteiger partial charge in [0.15, 0.2) is 11.0 Å². The zero-order valence-electron chi connectivity index (χ0n) is 16.2. The lowest BCUT2D eigenvalue weighted by atomic mass is 10.2. The van der Waals surface area contributed by atoms with Crippen LogP contribution in [0.5, 0.6) is 0 Å². The number of rotatable bonds is 7. The lowest BCUT2D eigenvalue weighted by Gasteiger charge is -2.10. The number of halogens is 1. The summed E-state index contributed by atoms with van der Waals surface area (Å²) in [6, 6.07) is 20.7. The summed E-state index contributed by atoms with van der Waals surface area (Å²) < 4.78 is 1.92. The predicted octanol–water partition coefficient (Wildman–Crippen LogP) is 4.23. The van der Waals surface area contributed by atoms with Crippen LogP contribution in [0.15, 0.2) is 89.4 Å². The van der Waals surface area contributed by atoms with Crippen LogP contribution in [0.4, 0.5) is 0 Å². The number of carbonyl (C=O) groups is 1. The van der Waals surface area contributed by atoms with Gasteiger partial charge < -0.3 is 0 Å². The second kappa shape index (κ2) is 10.0. The van der Waals surface area contributed by atoms with Crippen molar-refractivity contribution in [2.45, 2.75) is 5.16 Å². The molecule has 0 bridgehead atoms. The van der Waals surface area contributed by atoms with Crippen LogP contribution in [0.25, 0.3) is 17.1 Å². The van der Waals surface area contributed by atoms with E-state index < -0.39 is 0 Å². The van der Waals surface area contributed by atoms with E-state index in [9.17, 15) is 4.79 Å². The first-order valence-corrected chi connectivity index (χ1v) is 10.7. The number of amides is 1. The molecule has 7 nitrogen and oxygen atoms in total. The number of hydrogen-bond donors (Lipinski definition) is 1. The average Bonchev–Trinajstić information content (AvgIpc) is 3.23. The number of thioether (sulfide) groups is 1. The molecule has 0 aliphatic carbocycles. The van der Waals surface area contributed by atoms with Gasteiger partial charge in [-0.2, -0.15) is 5.10 Å². The summed E-state index contributed by atoms with van der Waals surface area (Å²) in [7, 11) is 0. The quantitative estimate of drug-likeness (QED) is 0.260. The molecule has 31 heavy (non-hydrogen) atoms. The van der Waals surface area contributed by atoms with Crippen LogP contribution in [0.2, 0.25) is 5.02 Å². The highest BCUT2D eigenvalue weighted by Gasteiger charge is 2.17. The van der Waals surface area contributed by atoms with Crippen molar-refractivity contribution in [1.29, 1.82) is 0 Å². The monoisotopic (exact) mass is 448 g/mol. The summed E-state index contributed by atoms with van der Waals surface area (Å²) in [6.45, 7) is 0. The Bertz CT molecular complexity index is 1200. The molecule has 0 spiro atoms. The highest BCUT2D eigenvalue weighted by atomic mass is 35.5. The van der Waals surface area contributed by atoms with Crippen LogP contribution in [0, 0.1) is 0 Å². The maximum Gasteiger partial charge on any atom is 0.250 e. The second-order valence-corrected chi connectivity index (χ2v) is 7.73. The molecule has 0 atom stereocenters. The van der Waals surface area contributed by atoms with Gasteiger partial charge in [-0.1, -0.05) is 53.7 Å². The van der Waals surface area contributed by atoms with E-state index in [-0.39, 0.29) is 11.7 Å². The van der Waals surface area contributed by atoms with Crippen molar-refractivity contribution in [2.75, 3.05) is 5.75 Å². The number of benzene rings is 2. The Hall–Kier alpha value is -3.49. The summed E-state index contributed by atoms with van der Waals surface area (Å²) in [6.07, 6.45) is 4.96. The predicted molar refractivity (Wildman–Crippen MR) is 123 cm³/mol. The van der Waals surface area contributed by atoms with Crippen molar-refractivity contribution in [1.82, 2.24) is 25.2 Å². The van der Waals surface area contributed by atoms with Crippen molar-refractivity contribution in [3.05, 3.63) is 89.7 Å². The summed E-state index contributed by atoms with van der Waals surface area (Å²) in [5.41, 5.74) is 5.10. The minimum atomic E-state index is -0.253. The highest BCUT2D eigenvalue weighted by molar-refractivity contribution is 7.99. The Labute approximate surface area is 188 Å². The number of nitrogens with one attached hydrogen (secondary N) is 1. The molecule has 0 unspecified atom stereocenters. The van der Waals surface area contributed by atoms with Crippen molar-refractivity contribution < 1.29 is 4.79 Å². The van der Waals surface area contributed by atoms with E-state index in [2.05, 4.69) is 25.7 Å². The largest absolute Gasteiger partial charge is 0.272 e. The van der Waals surface area contributed by atoms with Crippen molar-refractivity contribution in [3.63, 3.8) is 0 Å². The normalized spacial score (nSPS) is 11.0. The number of hydrazone groups is 1. The first-order chi connectivity index (χ1) is 15.2. The Balaban J connectivity index is 1.48. The second-order valence-electron chi connectivity index (χ2n) is 6.35. The Morgan fingerprint density at radius 1 is 1.06 bits per heavy atom. The molecule has 154 valence electrons. The molecule has 1 amide bonds. The number of hydrogen-bond acceptors (Lipinski definition) is 6. The minimum Gasteiger partial charge on any atom is -0.272 e. The smallest absolute Gasteiger partial charge is 0.250 e. The van der Waals surface area contributed by atoms with Gasteiger partial charge in [-0.3, -0.25) is 14.3 Å². The van der Waals surface area contributed by atoms with Crippen molar-refractivity contribution in [2.24, 2.45) is 5.10 Å². The number of aromatic nitrogens is 4. The molecule has 0 saturated heterocycles. The van der Waals surface area contributed by atoms with Crippen molar-refractivity contribution >= 4 is 35.5 Å². The summed E-state index contributed by atoms with van der Waals surface area (Å²) >= 11 is 7.23. The molecule has 0 fully saturated rings. The molecular weight excluding hydrogens is 432 g/mol. The van der Waals surface area contributed by atoms with Crippen LogP contribution in [0.1, 0.15) is 5.56 Å². The molecule has 1 N–H and O–H groups in total. The lowest BCUT2D eigenvalue weighted by Crippen LogP contribution is -2.20. The van der Waals surface area contributed by atoms with Gasteiger partial charge in [0.1, 0.15) is 0 Å². The molecule has 0 saturated carbocycles. The number of carbonyl (C=O) groups excluding carboxylic acids is 1. The Morgan fingerprint density at radius 2 is 1.87 bits per heavy atom. The average molecular weight is 449 g/mol. The highest BCUT2D eigenvalue weighted by Crippen LogP contribution is 2.27. The maximum absolute atomic E-state index is 12.3. The standard InChI is InChI=1S/C22H17ClN6OS/c23-18-6-4-5-16(13-18)14-25-26-20(30)15-31-22-28-27-21(17-9-11-24-12-10-17)29(22)19-7-2-1-3-8-19/h1-14H,15H2,(H,26,30)/b25-14-. The van der Waals surface area contributed by atoms with Gasteiger partial charge in [0, 0.05) is 28.7 Å². The van der Waals surface area contributed by atoms with E-state index in [0.717, 1.165) is 16.8 Å². The molecule has 0 radical (unpaired) electrons. The van der Waals surface area contributed by atoms with Crippen molar-refractivity contribution in [3.8, 4) is 17.1 Å². The zero-order chi connectivity index (χ0) is 21.5. The van der Waals surface area contributed by atoms with Gasteiger partial charge in [0.05, 0.1) is 12.0 Å². The van der Waals surface area contributed by atoms with Crippen LogP contribution < -0.4 is 5.43 Å². The molecule has 2 heterocycles. The van der Waals surface area contributed by atoms with Gasteiger partial charge >= 0.3 is 0 Å². The van der Waals surface area contributed by atoms with Crippen LogP contribution in [-0.2, 0) is 4.79 Å². The Morgan fingerprint density at radius 3 is 2.65 bits per heavy atom. The number of nitrogens with zero attached hydrogens (tertiary/aromatic N) is 5. The van der Waals surface area contributed by atoms with E-state index in [1.54, 1.807) is 30.7 Å². The van der Waals surface area contributed by atoms with Gasteiger partial charge in [-0.15, -0.1) is 10.2 Å². The third-order valence-corrected chi connectivity index (χ3v) is 5.33. The molecular formula is C22H17ClN6OS. The van der Waals surface area contributed by atoms with E-state index in [1.165, 1.54) is 11.8 Å². The molecule has 2 aromatic heterocycles. The van der Waals surface area contributed by atoms with Crippen LogP contribution in [-0.4, -0.2) is 37.6 Å². The fourth-order valence-corrected chi connectivity index (χ4v) is 3.73. The van der Waals surface area contributed by atoms with E-state index >= 15 is 0 Å². The Kier molecular flexibility index (Phi) is 6.71. The minimum absolute atomic E-state index is 0.133. The number of para-hydroxylation sites is 1. The van der Waals surface area contributed by atoms with E-state index in [0.29, 0.717) is 16.0 Å². The topological polar surface area (TPSA) is 85.1 Å². The molecule has 4 aromatic rings. The first-order valence-electron chi connectivity index (χ1n) is 9.32. The third kappa shape index (κ3) is 5.36.